The van der Waals surface area contributed by atoms with Crippen molar-refractivity contribution < 1.29 is 21.6 Å². The minimum atomic E-state index is -4.48. The minimum Gasteiger partial charge on any atom is -0.216 e. The van der Waals surface area contributed by atoms with Gasteiger partial charge in [0.05, 0.1) is 11.8 Å². The van der Waals surface area contributed by atoms with Gasteiger partial charge in [-0.1, -0.05) is 0 Å². The third-order valence-corrected chi connectivity index (χ3v) is 2.83. The fraction of sp³-hybridized carbons (Fsp3) is 0.200. The lowest BCUT2D eigenvalue weighted by molar-refractivity contribution is -0.137. The molecule has 0 radical (unpaired) electrons. The maximum atomic E-state index is 12.4. The second-order valence-electron chi connectivity index (χ2n) is 3.19. The molecule has 2 nitrogen and oxygen atoms in total. The molecule has 0 aliphatic heterocycles. The fourth-order valence-corrected chi connectivity index (χ4v) is 1.59. The van der Waals surface area contributed by atoms with Crippen LogP contribution in [0.5, 0.6) is 0 Å². The van der Waals surface area contributed by atoms with Crippen LogP contribution in [-0.4, -0.2) is 14.7 Å². The Hall–Kier alpha value is -1.00. The van der Waals surface area contributed by atoms with E-state index in [1.165, 1.54) is 6.07 Å². The summed E-state index contributed by atoms with van der Waals surface area (Å²) in [6.45, 7) is 0. The summed E-state index contributed by atoms with van der Waals surface area (Å²) in [5.74, 6) is 2.18. The molecular weight excluding hydrogens is 321 g/mol. The summed E-state index contributed by atoms with van der Waals surface area (Å²) < 4.78 is 59.1. The van der Waals surface area contributed by atoms with Crippen LogP contribution >= 0.6 is 15.9 Å². The zero-order valence-electron chi connectivity index (χ0n) is 8.47. The van der Waals surface area contributed by atoms with Gasteiger partial charge in [0.25, 0.3) is 0 Å². The highest BCUT2D eigenvalue weighted by Gasteiger charge is 2.30. The van der Waals surface area contributed by atoms with Gasteiger partial charge < -0.3 is 0 Å². The topological polar surface area (TPSA) is 34.1 Å². The standard InChI is InChI=1S/C10H6BrF3O2S/c1-17(15,16)5-4-7-6-8(10(12,13)14)2-3-9(7)11/h2-3,6H,1H3. The van der Waals surface area contributed by atoms with Crippen molar-refractivity contribution in [3.63, 3.8) is 0 Å². The van der Waals surface area contributed by atoms with E-state index in [-0.39, 0.29) is 5.56 Å². The number of benzene rings is 1. The lowest BCUT2D eigenvalue weighted by Crippen LogP contribution is -2.05. The van der Waals surface area contributed by atoms with Crippen LogP contribution in [0.1, 0.15) is 11.1 Å². The van der Waals surface area contributed by atoms with Crippen molar-refractivity contribution in [1.29, 1.82) is 0 Å². The van der Waals surface area contributed by atoms with E-state index in [0.717, 1.165) is 18.4 Å². The molecular formula is C10H6BrF3O2S. The molecule has 0 aliphatic carbocycles. The van der Waals surface area contributed by atoms with Crippen molar-refractivity contribution in [2.75, 3.05) is 6.26 Å². The molecule has 0 bridgehead atoms. The van der Waals surface area contributed by atoms with Gasteiger partial charge in [-0.25, -0.2) is 8.42 Å². The second kappa shape index (κ2) is 4.70. The fourth-order valence-electron chi connectivity index (χ4n) is 0.945. The third kappa shape index (κ3) is 4.40. The molecule has 1 aromatic rings. The van der Waals surface area contributed by atoms with Crippen LogP contribution in [0.4, 0.5) is 13.2 Å². The Balaban J connectivity index is 3.29. The average Bonchev–Trinajstić information content (AvgIpc) is 2.13. The first-order valence-electron chi connectivity index (χ1n) is 4.19. The molecule has 0 spiro atoms. The van der Waals surface area contributed by atoms with Crippen molar-refractivity contribution in [2.45, 2.75) is 6.18 Å². The third-order valence-electron chi connectivity index (χ3n) is 1.66. The Morgan fingerprint density at radius 1 is 1.29 bits per heavy atom. The summed E-state index contributed by atoms with van der Waals surface area (Å²) in [5, 5.41) is 1.88. The summed E-state index contributed by atoms with van der Waals surface area (Å²) in [5.41, 5.74) is -0.899. The van der Waals surface area contributed by atoms with E-state index in [0.29, 0.717) is 4.47 Å². The van der Waals surface area contributed by atoms with Crippen molar-refractivity contribution in [2.24, 2.45) is 0 Å². The smallest absolute Gasteiger partial charge is 0.216 e. The monoisotopic (exact) mass is 326 g/mol. The zero-order chi connectivity index (χ0) is 13.3. The van der Waals surface area contributed by atoms with Crippen LogP contribution in [0.25, 0.3) is 0 Å². The van der Waals surface area contributed by atoms with Crippen LogP contribution in [-0.2, 0) is 16.0 Å². The van der Waals surface area contributed by atoms with E-state index < -0.39 is 21.6 Å². The largest absolute Gasteiger partial charge is 0.416 e. The SMILES string of the molecule is CS(=O)(=O)C#Cc1cc(C(F)(F)F)ccc1Br. The van der Waals surface area contributed by atoms with Crippen LogP contribution in [0.15, 0.2) is 22.7 Å². The van der Waals surface area contributed by atoms with E-state index in [1.54, 1.807) is 0 Å². The number of hydrogen-bond acceptors (Lipinski definition) is 2. The maximum absolute atomic E-state index is 12.4. The highest BCUT2D eigenvalue weighted by molar-refractivity contribution is 9.10. The Kier molecular flexibility index (Phi) is 3.89. The van der Waals surface area contributed by atoms with Gasteiger partial charge in [0.1, 0.15) is 0 Å². The van der Waals surface area contributed by atoms with E-state index in [4.69, 9.17) is 0 Å². The van der Waals surface area contributed by atoms with E-state index >= 15 is 0 Å². The maximum Gasteiger partial charge on any atom is 0.416 e. The van der Waals surface area contributed by atoms with E-state index in [9.17, 15) is 21.6 Å². The number of sulfone groups is 1. The molecule has 0 saturated carbocycles. The van der Waals surface area contributed by atoms with Gasteiger partial charge in [-0.05, 0) is 40.0 Å². The van der Waals surface area contributed by atoms with Crippen molar-refractivity contribution >= 4 is 25.8 Å². The molecule has 0 unspecified atom stereocenters. The lowest BCUT2D eigenvalue weighted by Gasteiger charge is -2.07. The van der Waals surface area contributed by atoms with Crippen LogP contribution < -0.4 is 0 Å². The Bertz CT molecular complexity index is 594. The predicted molar refractivity (Wildman–Crippen MR) is 60.9 cm³/mol. The number of alkyl halides is 3. The number of halogens is 4. The first kappa shape index (κ1) is 14.1. The zero-order valence-corrected chi connectivity index (χ0v) is 10.9. The van der Waals surface area contributed by atoms with Crippen molar-refractivity contribution in [3.05, 3.63) is 33.8 Å². The normalized spacial score (nSPS) is 11.8. The van der Waals surface area contributed by atoms with Crippen LogP contribution in [0, 0.1) is 11.2 Å². The lowest BCUT2D eigenvalue weighted by atomic mass is 10.1. The molecule has 0 aliphatic rings. The summed E-state index contributed by atoms with van der Waals surface area (Å²) >= 11 is 3.00. The number of hydrogen-bond donors (Lipinski definition) is 0. The predicted octanol–water partition coefficient (Wildman–Crippen LogP) is 2.82. The molecule has 0 heterocycles. The second-order valence-corrected chi connectivity index (χ2v) is 5.79. The van der Waals surface area contributed by atoms with Crippen molar-refractivity contribution in [1.82, 2.24) is 0 Å². The molecule has 1 aromatic carbocycles. The molecule has 0 atom stereocenters. The van der Waals surface area contributed by atoms with Crippen LogP contribution in [0.2, 0.25) is 0 Å². The summed E-state index contributed by atoms with van der Waals surface area (Å²) in [4.78, 5) is 0. The Morgan fingerprint density at radius 2 is 1.88 bits per heavy atom. The van der Waals surface area contributed by atoms with E-state index in [2.05, 4.69) is 21.9 Å². The quantitative estimate of drug-likeness (QED) is 0.687. The van der Waals surface area contributed by atoms with E-state index in [1.807, 2.05) is 5.25 Å². The molecule has 0 fully saturated rings. The van der Waals surface area contributed by atoms with Gasteiger partial charge in [-0.15, -0.1) is 0 Å². The minimum absolute atomic E-state index is 0.0229. The summed E-state index contributed by atoms with van der Waals surface area (Å²) in [6, 6.07) is 2.85. The molecule has 0 saturated heterocycles. The van der Waals surface area contributed by atoms with Crippen molar-refractivity contribution in [3.8, 4) is 11.2 Å². The molecule has 17 heavy (non-hydrogen) atoms. The first-order valence-corrected chi connectivity index (χ1v) is 6.87. The highest BCUT2D eigenvalue weighted by atomic mass is 79.9. The summed E-state index contributed by atoms with van der Waals surface area (Å²) in [7, 11) is -3.55. The Morgan fingerprint density at radius 3 is 2.35 bits per heavy atom. The van der Waals surface area contributed by atoms with Gasteiger partial charge in [0.2, 0.25) is 9.84 Å². The van der Waals surface area contributed by atoms with Gasteiger partial charge in [-0.3, -0.25) is 0 Å². The number of rotatable bonds is 0. The highest BCUT2D eigenvalue weighted by Crippen LogP contribution is 2.31. The molecule has 1 rings (SSSR count). The average molecular weight is 327 g/mol. The van der Waals surface area contributed by atoms with Crippen LogP contribution in [0.3, 0.4) is 0 Å². The van der Waals surface area contributed by atoms with Gasteiger partial charge in [0.15, 0.2) is 0 Å². The molecule has 92 valence electrons. The molecule has 0 amide bonds. The molecule has 0 aromatic heterocycles. The molecule has 7 heteroatoms. The first-order chi connectivity index (χ1) is 7.59. The molecule has 0 N–H and O–H groups in total. The van der Waals surface area contributed by atoms with Gasteiger partial charge in [-0.2, -0.15) is 13.2 Å². The summed E-state index contributed by atoms with van der Waals surface area (Å²) in [6.07, 6.45) is -3.61. The Labute approximate surface area is 105 Å². The van der Waals surface area contributed by atoms with Gasteiger partial charge in [0, 0.05) is 15.3 Å². The van der Waals surface area contributed by atoms with Gasteiger partial charge >= 0.3 is 6.18 Å².